The van der Waals surface area contributed by atoms with E-state index in [1.54, 1.807) is 12.1 Å². The van der Waals surface area contributed by atoms with Gasteiger partial charge in [0.15, 0.2) is 5.78 Å². The molecule has 0 radical (unpaired) electrons. The molecule has 0 aliphatic heterocycles. The van der Waals surface area contributed by atoms with Crippen LogP contribution < -0.4 is 10.1 Å². The van der Waals surface area contributed by atoms with Crippen LogP contribution in [0.5, 0.6) is 5.75 Å². The van der Waals surface area contributed by atoms with Crippen molar-refractivity contribution in [2.24, 2.45) is 0 Å². The largest absolute Gasteiger partial charge is 0.489 e. The quantitative estimate of drug-likeness (QED) is 0.819. The summed E-state index contributed by atoms with van der Waals surface area (Å²) < 4.78 is 19.4. The zero-order valence-electron chi connectivity index (χ0n) is 12.1. The second-order valence-electron chi connectivity index (χ2n) is 4.84. The summed E-state index contributed by atoms with van der Waals surface area (Å²) >= 11 is 0. The first kappa shape index (κ1) is 15.0. The minimum atomic E-state index is -0.510. The fraction of sp³-hybridized carbons (Fsp3) is 0.235. The predicted molar refractivity (Wildman–Crippen MR) is 81.4 cm³/mol. The zero-order valence-corrected chi connectivity index (χ0v) is 12.1. The highest BCUT2D eigenvalue weighted by Gasteiger charge is 2.13. The molecule has 0 bridgehead atoms. The van der Waals surface area contributed by atoms with E-state index in [1.807, 2.05) is 37.3 Å². The molecule has 21 heavy (non-hydrogen) atoms. The number of anilines is 1. The van der Waals surface area contributed by atoms with Crippen molar-refractivity contribution in [2.75, 3.05) is 11.9 Å². The van der Waals surface area contributed by atoms with Gasteiger partial charge in [0.1, 0.15) is 17.7 Å². The molecule has 2 aromatic rings. The lowest BCUT2D eigenvalue weighted by Gasteiger charge is -2.17. The summed E-state index contributed by atoms with van der Waals surface area (Å²) in [6.07, 6.45) is -0.115. The Morgan fingerprint density at radius 1 is 1.19 bits per heavy atom. The van der Waals surface area contributed by atoms with Crippen LogP contribution in [0.3, 0.4) is 0 Å². The molecule has 2 rings (SSSR count). The monoisotopic (exact) mass is 287 g/mol. The lowest BCUT2D eigenvalue weighted by atomic mass is 10.1. The number of hydrogen-bond donors (Lipinski definition) is 1. The van der Waals surface area contributed by atoms with Gasteiger partial charge in [0, 0.05) is 5.69 Å². The summed E-state index contributed by atoms with van der Waals surface area (Å²) in [5.74, 6) is -0.0332. The molecule has 2 aromatic carbocycles. The SMILES string of the molecule is CC(=O)c1c(F)cccc1NCC(C)Oc1ccccc1. The number of carbonyl (C=O) groups is 1. The molecule has 0 aliphatic carbocycles. The van der Waals surface area contributed by atoms with Crippen LogP contribution in [-0.4, -0.2) is 18.4 Å². The van der Waals surface area contributed by atoms with Crippen molar-refractivity contribution >= 4 is 11.5 Å². The Hall–Kier alpha value is -2.36. The molecule has 110 valence electrons. The highest BCUT2D eigenvalue weighted by molar-refractivity contribution is 5.99. The normalized spacial score (nSPS) is 11.8. The third-order valence-corrected chi connectivity index (χ3v) is 3.03. The average Bonchev–Trinajstić information content (AvgIpc) is 2.45. The van der Waals surface area contributed by atoms with E-state index < -0.39 is 5.82 Å². The number of carbonyl (C=O) groups excluding carboxylic acids is 1. The van der Waals surface area contributed by atoms with Gasteiger partial charge in [-0.05, 0) is 38.1 Å². The van der Waals surface area contributed by atoms with Crippen molar-refractivity contribution in [3.63, 3.8) is 0 Å². The van der Waals surface area contributed by atoms with E-state index in [1.165, 1.54) is 13.0 Å². The van der Waals surface area contributed by atoms with E-state index in [4.69, 9.17) is 4.74 Å². The number of hydrogen-bond acceptors (Lipinski definition) is 3. The van der Waals surface area contributed by atoms with Crippen LogP contribution in [0.25, 0.3) is 0 Å². The van der Waals surface area contributed by atoms with Gasteiger partial charge in [-0.1, -0.05) is 24.3 Å². The summed E-state index contributed by atoms with van der Waals surface area (Å²) in [6.45, 7) is 3.73. The van der Waals surface area contributed by atoms with Crippen LogP contribution in [0.15, 0.2) is 48.5 Å². The van der Waals surface area contributed by atoms with Crippen molar-refractivity contribution in [3.8, 4) is 5.75 Å². The first-order valence-electron chi connectivity index (χ1n) is 6.83. The Morgan fingerprint density at radius 3 is 2.57 bits per heavy atom. The van der Waals surface area contributed by atoms with Crippen LogP contribution >= 0.6 is 0 Å². The molecule has 0 spiro atoms. The Labute approximate surface area is 123 Å². The number of para-hydroxylation sites is 1. The lowest BCUT2D eigenvalue weighted by molar-refractivity contribution is 0.101. The number of Topliss-reactive ketones (excluding diaryl/α,β-unsaturated/α-hetero) is 1. The Balaban J connectivity index is 2.00. The first-order valence-corrected chi connectivity index (χ1v) is 6.83. The topological polar surface area (TPSA) is 38.3 Å². The van der Waals surface area contributed by atoms with Crippen molar-refractivity contribution < 1.29 is 13.9 Å². The summed E-state index contributed by atoms with van der Waals surface area (Å²) in [5, 5.41) is 3.07. The molecular weight excluding hydrogens is 269 g/mol. The van der Waals surface area contributed by atoms with Gasteiger partial charge < -0.3 is 10.1 Å². The van der Waals surface area contributed by atoms with E-state index in [0.29, 0.717) is 12.2 Å². The number of benzene rings is 2. The molecule has 0 amide bonds. The van der Waals surface area contributed by atoms with E-state index in [-0.39, 0.29) is 17.5 Å². The van der Waals surface area contributed by atoms with Crippen LogP contribution in [0.4, 0.5) is 10.1 Å². The van der Waals surface area contributed by atoms with Gasteiger partial charge in [-0.2, -0.15) is 0 Å². The fourth-order valence-electron chi connectivity index (χ4n) is 2.06. The summed E-state index contributed by atoms with van der Waals surface area (Å²) in [4.78, 5) is 11.5. The highest BCUT2D eigenvalue weighted by Crippen LogP contribution is 2.20. The summed E-state index contributed by atoms with van der Waals surface area (Å²) in [6, 6.07) is 14.0. The maximum absolute atomic E-state index is 13.7. The minimum absolute atomic E-state index is 0.0874. The Morgan fingerprint density at radius 2 is 1.90 bits per heavy atom. The number of nitrogens with one attached hydrogen (secondary N) is 1. The van der Waals surface area contributed by atoms with Crippen LogP contribution in [0, 0.1) is 5.82 Å². The highest BCUT2D eigenvalue weighted by atomic mass is 19.1. The van der Waals surface area contributed by atoms with Crippen molar-refractivity contribution in [2.45, 2.75) is 20.0 Å². The van der Waals surface area contributed by atoms with Crippen molar-refractivity contribution in [3.05, 3.63) is 59.9 Å². The molecule has 0 heterocycles. The van der Waals surface area contributed by atoms with Gasteiger partial charge in [0.05, 0.1) is 12.1 Å². The van der Waals surface area contributed by atoms with E-state index in [2.05, 4.69) is 5.32 Å². The molecule has 0 aromatic heterocycles. The molecule has 0 saturated heterocycles. The third kappa shape index (κ3) is 4.05. The Bertz CT molecular complexity index is 613. The van der Waals surface area contributed by atoms with Crippen molar-refractivity contribution in [1.82, 2.24) is 0 Å². The lowest BCUT2D eigenvalue weighted by Crippen LogP contribution is -2.23. The number of halogens is 1. The maximum Gasteiger partial charge on any atom is 0.164 e. The maximum atomic E-state index is 13.7. The smallest absolute Gasteiger partial charge is 0.164 e. The molecule has 1 atom stereocenters. The van der Waals surface area contributed by atoms with Gasteiger partial charge in [0.2, 0.25) is 0 Å². The zero-order chi connectivity index (χ0) is 15.2. The van der Waals surface area contributed by atoms with Gasteiger partial charge in [-0.3, -0.25) is 4.79 Å². The molecule has 0 fully saturated rings. The van der Waals surface area contributed by atoms with Gasteiger partial charge in [0.25, 0.3) is 0 Å². The van der Waals surface area contributed by atoms with E-state index in [9.17, 15) is 9.18 Å². The van der Waals surface area contributed by atoms with Crippen LogP contribution in [0.1, 0.15) is 24.2 Å². The Kier molecular flexibility index (Phi) is 4.93. The van der Waals surface area contributed by atoms with Gasteiger partial charge in [-0.25, -0.2) is 4.39 Å². The fourth-order valence-corrected chi connectivity index (χ4v) is 2.06. The molecule has 0 aliphatic rings. The molecule has 1 N–H and O–H groups in total. The minimum Gasteiger partial charge on any atom is -0.489 e. The van der Waals surface area contributed by atoms with Crippen molar-refractivity contribution in [1.29, 1.82) is 0 Å². The second kappa shape index (κ2) is 6.88. The average molecular weight is 287 g/mol. The van der Waals surface area contributed by atoms with E-state index >= 15 is 0 Å². The molecule has 4 heteroatoms. The molecular formula is C17H18FNO2. The molecule has 3 nitrogen and oxygen atoms in total. The first-order chi connectivity index (χ1) is 10.1. The molecule has 1 unspecified atom stereocenters. The number of ketones is 1. The molecule has 0 saturated carbocycles. The van der Waals surface area contributed by atoms with Gasteiger partial charge >= 0.3 is 0 Å². The second-order valence-corrected chi connectivity index (χ2v) is 4.84. The standard InChI is InChI=1S/C17H18FNO2/c1-12(21-14-7-4-3-5-8-14)11-19-16-10-6-9-15(18)17(16)13(2)20/h3-10,12,19H,11H2,1-2H3. The van der Waals surface area contributed by atoms with E-state index in [0.717, 1.165) is 5.75 Å². The van der Waals surface area contributed by atoms with Crippen LogP contribution in [0.2, 0.25) is 0 Å². The predicted octanol–water partition coefficient (Wildman–Crippen LogP) is 3.91. The number of rotatable bonds is 6. The summed E-state index contributed by atoms with van der Waals surface area (Å²) in [7, 11) is 0. The van der Waals surface area contributed by atoms with Crippen LogP contribution in [-0.2, 0) is 0 Å². The number of ether oxygens (including phenoxy) is 1. The summed E-state index contributed by atoms with van der Waals surface area (Å²) in [5.41, 5.74) is 0.579. The third-order valence-electron chi connectivity index (χ3n) is 3.03. The van der Waals surface area contributed by atoms with Gasteiger partial charge in [-0.15, -0.1) is 0 Å².